The first-order valence-electron chi connectivity index (χ1n) is 12.7. The van der Waals surface area contributed by atoms with Crippen LogP contribution < -0.4 is 0 Å². The molecule has 0 fully saturated rings. The molecule has 0 unspecified atom stereocenters. The van der Waals surface area contributed by atoms with Crippen LogP contribution in [0.3, 0.4) is 0 Å². The van der Waals surface area contributed by atoms with E-state index in [0.29, 0.717) is 0 Å². The molecule has 0 bridgehead atoms. The molecular weight excluding hydrogens is 347 g/mol. The van der Waals surface area contributed by atoms with E-state index in [1.165, 1.54) is 96.3 Å². The van der Waals surface area contributed by atoms with Gasteiger partial charge in [-0.25, -0.2) is 0 Å². The summed E-state index contributed by atoms with van der Waals surface area (Å²) in [5.41, 5.74) is 0. The Morgan fingerprint density at radius 3 is 0.885 bits per heavy atom. The third-order valence-electron chi connectivity index (χ3n) is 6.40. The van der Waals surface area contributed by atoms with Crippen LogP contribution in [-0.2, 0) is 0 Å². The van der Waals surface area contributed by atoms with Crippen molar-refractivity contribution in [1.29, 1.82) is 0 Å². The van der Waals surface area contributed by atoms with Gasteiger partial charge in [-0.2, -0.15) is 0 Å². The van der Waals surface area contributed by atoms with Crippen molar-refractivity contribution >= 4 is 16.7 Å². The van der Waals surface area contributed by atoms with Crippen molar-refractivity contribution in [3.05, 3.63) is 0 Å². The maximum atomic E-state index is 2.33. The molecule has 0 aromatic heterocycles. The average Bonchev–Trinajstić information content (AvgIpc) is 2.64. The summed E-state index contributed by atoms with van der Waals surface area (Å²) in [7, 11) is 1.57. The molecule has 26 heavy (non-hydrogen) atoms. The van der Waals surface area contributed by atoms with E-state index in [9.17, 15) is 0 Å². The van der Waals surface area contributed by atoms with Gasteiger partial charge in [0.25, 0.3) is 0 Å². The van der Waals surface area contributed by atoms with E-state index in [1.54, 1.807) is 47.7 Å². The molecule has 0 rings (SSSR count). The molecular formula is C24H55PSi. The Balaban J connectivity index is 4.02. The van der Waals surface area contributed by atoms with Gasteiger partial charge in [0.15, 0.2) is 0 Å². The number of rotatable bonds is 21. The molecule has 2 heteroatoms. The first kappa shape index (κ1) is 26.6. The Morgan fingerprint density at radius 1 is 0.385 bits per heavy atom. The molecule has 0 heterocycles. The fourth-order valence-electron chi connectivity index (χ4n) is 4.37. The monoisotopic (exact) mass is 402 g/mol. The first-order chi connectivity index (χ1) is 12.7. The second-order valence-electron chi connectivity index (χ2n) is 9.36. The Hall–Kier alpha value is 0.647. The van der Waals surface area contributed by atoms with Crippen LogP contribution in [0.1, 0.15) is 136 Å². The molecule has 0 aromatic carbocycles. The van der Waals surface area contributed by atoms with E-state index in [4.69, 9.17) is 0 Å². The molecule has 0 aromatic rings. The quantitative estimate of drug-likeness (QED) is 0.103. The third-order valence-corrected chi connectivity index (χ3v) is 15.6. The van der Waals surface area contributed by atoms with Gasteiger partial charge in [0, 0.05) is 0 Å². The Labute approximate surface area is 171 Å². The van der Waals surface area contributed by atoms with Crippen molar-refractivity contribution in [2.24, 2.45) is 0 Å². The van der Waals surface area contributed by atoms with Crippen molar-refractivity contribution < 1.29 is 0 Å². The van der Waals surface area contributed by atoms with Crippen molar-refractivity contribution in [3.63, 3.8) is 0 Å². The zero-order valence-electron chi connectivity index (χ0n) is 19.3. The van der Waals surface area contributed by atoms with E-state index in [2.05, 4.69) is 20.8 Å². The van der Waals surface area contributed by atoms with Gasteiger partial charge in [-0.3, -0.25) is 0 Å². The molecule has 0 aliphatic carbocycles. The van der Waals surface area contributed by atoms with Crippen LogP contribution in [0.2, 0.25) is 0 Å². The third kappa shape index (κ3) is 18.0. The Bertz CT molecular complexity index is 226. The van der Waals surface area contributed by atoms with Crippen molar-refractivity contribution in [2.75, 3.05) is 18.5 Å². The van der Waals surface area contributed by atoms with Crippen molar-refractivity contribution in [3.8, 4) is 0 Å². The normalized spacial score (nSPS) is 12.7. The molecule has 0 aliphatic rings. The average molecular weight is 403 g/mol. The molecule has 0 radical (unpaired) electrons. The van der Waals surface area contributed by atoms with E-state index >= 15 is 0 Å². The summed E-state index contributed by atoms with van der Waals surface area (Å²) < 4.78 is 0. The number of hydrogen-bond donors (Lipinski definition) is 0. The molecule has 0 spiro atoms. The standard InChI is InChI=1S/C24H55PSi/c1-4-7-10-13-16-19-22-25(26,23-20-17-14-11-8-5-2)24-21-18-15-12-9-6-3/h25H,4-24H2,1-3,26H3. The second kappa shape index (κ2) is 20.4. The molecule has 0 atom stereocenters. The molecule has 0 saturated heterocycles. The van der Waals surface area contributed by atoms with Crippen molar-refractivity contribution in [1.82, 2.24) is 0 Å². The molecule has 0 N–H and O–H groups in total. The van der Waals surface area contributed by atoms with Crippen LogP contribution >= 0.6 is 6.81 Å². The first-order valence-corrected chi connectivity index (χ1v) is 18.8. The van der Waals surface area contributed by atoms with Gasteiger partial charge in [-0.15, -0.1) is 0 Å². The number of unbranched alkanes of at least 4 members (excludes halogenated alkanes) is 15. The van der Waals surface area contributed by atoms with Gasteiger partial charge in [-0.1, -0.05) is 0 Å². The van der Waals surface area contributed by atoms with Gasteiger partial charge in [-0.05, 0) is 0 Å². The SMILES string of the molecule is CCCCCCCC[PH]([SiH3])(CCCCCCCC)CCCCCCCC. The van der Waals surface area contributed by atoms with Crippen molar-refractivity contribution in [2.45, 2.75) is 136 Å². The summed E-state index contributed by atoms with van der Waals surface area (Å²) in [6.07, 6.45) is 31.9. The molecule has 0 amide bonds. The fraction of sp³-hybridized carbons (Fsp3) is 1.00. The van der Waals surface area contributed by atoms with E-state index in [-0.39, 0.29) is 0 Å². The van der Waals surface area contributed by atoms with Crippen LogP contribution in [-0.4, -0.2) is 28.4 Å². The summed E-state index contributed by atoms with van der Waals surface area (Å²) in [5, 5.41) is 0. The summed E-state index contributed by atoms with van der Waals surface area (Å²) in [4.78, 5) is 0. The Kier molecular flexibility index (Phi) is 20.9. The Morgan fingerprint density at radius 2 is 0.615 bits per heavy atom. The summed E-state index contributed by atoms with van der Waals surface area (Å²) >= 11 is 0. The topological polar surface area (TPSA) is 0 Å². The summed E-state index contributed by atoms with van der Waals surface area (Å²) in [5.74, 6) is 0. The van der Waals surface area contributed by atoms with Gasteiger partial charge >= 0.3 is 172 Å². The minimum atomic E-state index is -0.816. The summed E-state index contributed by atoms with van der Waals surface area (Å²) in [6.45, 7) is 6.17. The van der Waals surface area contributed by atoms with Gasteiger partial charge in [0.1, 0.15) is 0 Å². The molecule has 0 nitrogen and oxygen atoms in total. The molecule has 0 aliphatic heterocycles. The number of hydrogen-bond acceptors (Lipinski definition) is 0. The zero-order valence-corrected chi connectivity index (χ0v) is 22.3. The van der Waals surface area contributed by atoms with E-state index in [0.717, 1.165) is 0 Å². The fourth-order valence-corrected chi connectivity index (χ4v) is 11.6. The minimum absolute atomic E-state index is 0.816. The van der Waals surface area contributed by atoms with E-state index < -0.39 is 6.81 Å². The molecule has 0 saturated carbocycles. The van der Waals surface area contributed by atoms with E-state index in [1.807, 2.05) is 0 Å². The van der Waals surface area contributed by atoms with Gasteiger partial charge in [0.05, 0.1) is 0 Å². The predicted molar refractivity (Wildman–Crippen MR) is 133 cm³/mol. The van der Waals surface area contributed by atoms with Crippen LogP contribution in [0.4, 0.5) is 0 Å². The van der Waals surface area contributed by atoms with Crippen LogP contribution in [0.15, 0.2) is 0 Å². The molecule has 160 valence electrons. The zero-order chi connectivity index (χ0) is 19.3. The van der Waals surface area contributed by atoms with Crippen LogP contribution in [0.5, 0.6) is 0 Å². The summed E-state index contributed by atoms with van der Waals surface area (Å²) in [6, 6.07) is 0. The predicted octanol–water partition coefficient (Wildman–Crippen LogP) is 8.10. The van der Waals surface area contributed by atoms with Crippen LogP contribution in [0.25, 0.3) is 0 Å². The van der Waals surface area contributed by atoms with Crippen LogP contribution in [0, 0.1) is 0 Å². The van der Waals surface area contributed by atoms with Gasteiger partial charge < -0.3 is 0 Å². The maximum absolute atomic E-state index is 2.33. The van der Waals surface area contributed by atoms with Gasteiger partial charge in [0.2, 0.25) is 0 Å². The second-order valence-corrected chi connectivity index (χ2v) is 20.8.